The minimum absolute atomic E-state index is 0.374. The van der Waals surface area contributed by atoms with E-state index >= 15 is 0 Å². The van der Waals surface area contributed by atoms with Gasteiger partial charge >= 0.3 is 0 Å². The van der Waals surface area contributed by atoms with Crippen molar-refractivity contribution in [3.05, 3.63) is 24.3 Å². The first-order valence-electron chi connectivity index (χ1n) is 5.60. The molecule has 1 rings (SSSR count). The van der Waals surface area contributed by atoms with Crippen LogP contribution in [0.4, 0.5) is 5.69 Å². The molecule has 1 aromatic carbocycles. The fraction of sp³-hybridized carbons (Fsp3) is 0.500. The summed E-state index contributed by atoms with van der Waals surface area (Å²) in [5.74, 6) is 0.484. The van der Waals surface area contributed by atoms with Gasteiger partial charge < -0.3 is 4.90 Å². The number of sulfone groups is 1. The fourth-order valence-corrected chi connectivity index (χ4v) is 2.86. The molecular formula is C12H18ClNO2S. The molecule has 96 valence electrons. The maximum atomic E-state index is 11.7. The second kappa shape index (κ2) is 6.26. The number of alkyl halides is 1. The number of anilines is 1. The predicted octanol–water partition coefficient (Wildman–Crippen LogP) is 2.55. The van der Waals surface area contributed by atoms with Crippen LogP contribution < -0.4 is 4.90 Å². The van der Waals surface area contributed by atoms with Crippen LogP contribution >= 0.6 is 11.6 Å². The summed E-state index contributed by atoms with van der Waals surface area (Å²) in [6.07, 6.45) is 2.19. The predicted molar refractivity (Wildman–Crippen MR) is 72.8 cm³/mol. The molecular weight excluding hydrogens is 258 g/mol. The van der Waals surface area contributed by atoms with Gasteiger partial charge in [-0.25, -0.2) is 8.42 Å². The van der Waals surface area contributed by atoms with Gasteiger partial charge in [0.15, 0.2) is 9.84 Å². The van der Waals surface area contributed by atoms with Gasteiger partial charge in [-0.1, -0.05) is 19.1 Å². The minimum atomic E-state index is -3.20. The van der Waals surface area contributed by atoms with Gasteiger partial charge in [0.2, 0.25) is 0 Å². The molecule has 0 atom stereocenters. The first-order chi connectivity index (χ1) is 8.00. The molecule has 0 aliphatic heterocycles. The highest BCUT2D eigenvalue weighted by Crippen LogP contribution is 2.25. The Morgan fingerprint density at radius 2 is 1.88 bits per heavy atom. The van der Waals surface area contributed by atoms with Crippen molar-refractivity contribution < 1.29 is 8.42 Å². The molecule has 1 aromatic rings. The number of hydrogen-bond acceptors (Lipinski definition) is 3. The Bertz CT molecular complexity index is 453. The van der Waals surface area contributed by atoms with Crippen LogP contribution in [0.2, 0.25) is 0 Å². The third-order valence-electron chi connectivity index (χ3n) is 2.45. The highest BCUT2D eigenvalue weighted by atomic mass is 35.5. The molecule has 17 heavy (non-hydrogen) atoms. The van der Waals surface area contributed by atoms with Crippen LogP contribution in [0.1, 0.15) is 13.3 Å². The molecule has 0 radical (unpaired) electrons. The third kappa shape index (κ3) is 3.89. The second-order valence-electron chi connectivity index (χ2n) is 3.92. The zero-order valence-electron chi connectivity index (χ0n) is 10.2. The van der Waals surface area contributed by atoms with Crippen molar-refractivity contribution in [2.75, 3.05) is 30.1 Å². The summed E-state index contributed by atoms with van der Waals surface area (Å²) in [6.45, 7) is 3.52. The van der Waals surface area contributed by atoms with Crippen LogP contribution in [0.5, 0.6) is 0 Å². The van der Waals surface area contributed by atoms with E-state index in [1.54, 1.807) is 12.1 Å². The maximum absolute atomic E-state index is 11.7. The summed E-state index contributed by atoms with van der Waals surface area (Å²) < 4.78 is 23.4. The Hall–Kier alpha value is -0.740. The molecule has 0 heterocycles. The van der Waals surface area contributed by atoms with Crippen LogP contribution in [0.15, 0.2) is 29.2 Å². The van der Waals surface area contributed by atoms with E-state index in [1.807, 2.05) is 17.0 Å². The van der Waals surface area contributed by atoms with E-state index in [2.05, 4.69) is 6.92 Å². The molecule has 0 fully saturated rings. The fourth-order valence-electron chi connectivity index (χ4n) is 1.76. The van der Waals surface area contributed by atoms with E-state index in [0.29, 0.717) is 17.3 Å². The average molecular weight is 276 g/mol. The smallest absolute Gasteiger partial charge is 0.177 e. The van der Waals surface area contributed by atoms with Gasteiger partial charge in [0, 0.05) is 25.2 Å². The number of benzene rings is 1. The van der Waals surface area contributed by atoms with Gasteiger partial charge in [0.1, 0.15) is 0 Å². The molecule has 0 aromatic heterocycles. The minimum Gasteiger partial charge on any atom is -0.369 e. The molecule has 0 saturated heterocycles. The Kier molecular flexibility index (Phi) is 5.28. The van der Waals surface area contributed by atoms with Crippen LogP contribution in [0.3, 0.4) is 0 Å². The van der Waals surface area contributed by atoms with Gasteiger partial charge in [-0.15, -0.1) is 11.6 Å². The summed E-state index contributed by atoms with van der Waals surface area (Å²) >= 11 is 5.76. The SMILES string of the molecule is CCCN(CCCl)c1ccccc1S(C)(=O)=O. The monoisotopic (exact) mass is 275 g/mol. The lowest BCUT2D eigenvalue weighted by molar-refractivity contribution is 0.601. The third-order valence-corrected chi connectivity index (χ3v) is 3.77. The van der Waals surface area contributed by atoms with E-state index in [4.69, 9.17) is 11.6 Å². The lowest BCUT2D eigenvalue weighted by Gasteiger charge is -2.25. The van der Waals surface area contributed by atoms with Crippen LogP contribution in [-0.4, -0.2) is 33.6 Å². The zero-order valence-corrected chi connectivity index (χ0v) is 11.8. The van der Waals surface area contributed by atoms with Gasteiger partial charge in [-0.2, -0.15) is 0 Å². The lowest BCUT2D eigenvalue weighted by atomic mass is 10.2. The number of rotatable bonds is 6. The number of para-hydroxylation sites is 1. The van der Waals surface area contributed by atoms with Crippen molar-refractivity contribution in [2.45, 2.75) is 18.2 Å². The maximum Gasteiger partial charge on any atom is 0.177 e. The topological polar surface area (TPSA) is 37.4 Å². The van der Waals surface area contributed by atoms with Crippen molar-refractivity contribution in [2.24, 2.45) is 0 Å². The van der Waals surface area contributed by atoms with Crippen molar-refractivity contribution in [3.8, 4) is 0 Å². The van der Waals surface area contributed by atoms with E-state index in [0.717, 1.165) is 18.7 Å². The van der Waals surface area contributed by atoms with Gasteiger partial charge in [-0.05, 0) is 18.6 Å². The van der Waals surface area contributed by atoms with Crippen molar-refractivity contribution in [3.63, 3.8) is 0 Å². The van der Waals surface area contributed by atoms with E-state index < -0.39 is 9.84 Å². The lowest BCUT2D eigenvalue weighted by Crippen LogP contribution is -2.27. The van der Waals surface area contributed by atoms with Crippen molar-refractivity contribution in [1.29, 1.82) is 0 Å². The van der Waals surface area contributed by atoms with E-state index in [9.17, 15) is 8.42 Å². The molecule has 0 saturated carbocycles. The second-order valence-corrected chi connectivity index (χ2v) is 6.28. The molecule has 5 heteroatoms. The van der Waals surface area contributed by atoms with Gasteiger partial charge in [-0.3, -0.25) is 0 Å². The quantitative estimate of drug-likeness (QED) is 0.749. The van der Waals surface area contributed by atoms with Crippen LogP contribution in [0.25, 0.3) is 0 Å². The summed E-state index contributed by atoms with van der Waals surface area (Å²) in [5, 5.41) is 0. The molecule has 0 aliphatic rings. The largest absolute Gasteiger partial charge is 0.369 e. The normalized spacial score (nSPS) is 11.5. The summed E-state index contributed by atoms with van der Waals surface area (Å²) in [4.78, 5) is 2.39. The van der Waals surface area contributed by atoms with Gasteiger partial charge in [0.05, 0.1) is 10.6 Å². The molecule has 0 unspecified atom stereocenters. The molecule has 3 nitrogen and oxygen atoms in total. The molecule has 0 spiro atoms. The number of nitrogens with zero attached hydrogens (tertiary/aromatic N) is 1. The Labute approximate surface area is 108 Å². The van der Waals surface area contributed by atoms with Crippen LogP contribution in [0, 0.1) is 0 Å². The Morgan fingerprint density at radius 3 is 2.41 bits per heavy atom. The van der Waals surface area contributed by atoms with Gasteiger partial charge in [0.25, 0.3) is 0 Å². The molecule has 0 aliphatic carbocycles. The average Bonchev–Trinajstić information content (AvgIpc) is 2.28. The molecule has 0 amide bonds. The Morgan fingerprint density at radius 1 is 1.24 bits per heavy atom. The number of hydrogen-bond donors (Lipinski definition) is 0. The summed E-state index contributed by atoms with van der Waals surface area (Å²) in [7, 11) is -3.20. The summed E-state index contributed by atoms with van der Waals surface area (Å²) in [5.41, 5.74) is 0.748. The van der Waals surface area contributed by atoms with E-state index in [-0.39, 0.29) is 0 Å². The first-order valence-corrected chi connectivity index (χ1v) is 8.03. The zero-order chi connectivity index (χ0) is 12.9. The first kappa shape index (κ1) is 14.3. The molecule has 0 bridgehead atoms. The Balaban J connectivity index is 3.18. The molecule has 0 N–H and O–H groups in total. The van der Waals surface area contributed by atoms with Crippen LogP contribution in [-0.2, 0) is 9.84 Å². The van der Waals surface area contributed by atoms with Crippen molar-refractivity contribution >= 4 is 27.1 Å². The standard InChI is InChI=1S/C12H18ClNO2S/c1-3-9-14(10-8-13)11-6-4-5-7-12(11)17(2,15)16/h4-7H,3,8-10H2,1-2H3. The highest BCUT2D eigenvalue weighted by molar-refractivity contribution is 7.90. The summed E-state index contributed by atoms with van der Waals surface area (Å²) in [6, 6.07) is 7.06. The highest BCUT2D eigenvalue weighted by Gasteiger charge is 2.16. The van der Waals surface area contributed by atoms with Crippen molar-refractivity contribution in [1.82, 2.24) is 0 Å². The van der Waals surface area contributed by atoms with E-state index in [1.165, 1.54) is 6.26 Å². The number of halogens is 1.